The third kappa shape index (κ3) is 3.53. The van der Waals surface area contributed by atoms with Crippen molar-refractivity contribution in [2.24, 2.45) is 0 Å². The van der Waals surface area contributed by atoms with Gasteiger partial charge < -0.3 is 10.1 Å². The zero-order chi connectivity index (χ0) is 13.6. The Labute approximate surface area is 122 Å². The lowest BCUT2D eigenvalue weighted by atomic mass is 9.90. The largest absolute Gasteiger partial charge is 0.385 e. The number of nitrogens with zero attached hydrogens (tertiary/aromatic N) is 1. The molecule has 0 radical (unpaired) electrons. The van der Waals surface area contributed by atoms with Gasteiger partial charge in [0.1, 0.15) is 0 Å². The molecule has 0 aromatic heterocycles. The number of morpholine rings is 1. The zero-order valence-electron chi connectivity index (χ0n) is 12.3. The Hall–Kier alpha value is -1.06. The monoisotopic (exact) mass is 274 g/mol. The highest BCUT2D eigenvalue weighted by Crippen LogP contribution is 2.28. The molecule has 20 heavy (non-hydrogen) atoms. The molecule has 110 valence electrons. The van der Waals surface area contributed by atoms with Crippen molar-refractivity contribution in [2.75, 3.05) is 31.6 Å². The van der Waals surface area contributed by atoms with E-state index in [0.29, 0.717) is 12.1 Å². The van der Waals surface area contributed by atoms with Crippen molar-refractivity contribution in [2.45, 2.75) is 44.2 Å². The molecule has 0 bridgehead atoms. The lowest BCUT2D eigenvalue weighted by Crippen LogP contribution is -2.52. The van der Waals surface area contributed by atoms with E-state index in [9.17, 15) is 0 Å². The lowest BCUT2D eigenvalue weighted by Gasteiger charge is -2.43. The van der Waals surface area contributed by atoms with Gasteiger partial charge >= 0.3 is 0 Å². The standard InChI is InChI=1S/C17H26N2O/c1-2-7-15(8-3-1)18-11-6-12-19-13-14-20-17-10-5-4-9-16(17)19/h1-3,7-8,16-18H,4-6,9-14H2. The first-order valence-electron chi connectivity index (χ1n) is 8.08. The summed E-state index contributed by atoms with van der Waals surface area (Å²) in [6.07, 6.45) is 7.05. The van der Waals surface area contributed by atoms with E-state index in [-0.39, 0.29) is 0 Å². The summed E-state index contributed by atoms with van der Waals surface area (Å²) in [5.74, 6) is 0. The Kier molecular flexibility index (Phi) is 4.93. The topological polar surface area (TPSA) is 24.5 Å². The number of hydrogen-bond donors (Lipinski definition) is 1. The average molecular weight is 274 g/mol. The molecule has 1 saturated heterocycles. The SMILES string of the molecule is c1ccc(NCCCN2CCOC3CCCCC32)cc1. The fraction of sp³-hybridized carbons (Fsp3) is 0.647. The second-order valence-corrected chi connectivity index (χ2v) is 5.94. The summed E-state index contributed by atoms with van der Waals surface area (Å²) in [5, 5.41) is 3.50. The summed E-state index contributed by atoms with van der Waals surface area (Å²) < 4.78 is 5.93. The summed E-state index contributed by atoms with van der Waals surface area (Å²) in [7, 11) is 0. The van der Waals surface area contributed by atoms with Gasteiger partial charge in [-0.1, -0.05) is 31.0 Å². The van der Waals surface area contributed by atoms with Crippen molar-refractivity contribution >= 4 is 5.69 Å². The van der Waals surface area contributed by atoms with Crippen LogP contribution >= 0.6 is 0 Å². The number of para-hydroxylation sites is 1. The van der Waals surface area contributed by atoms with Crippen molar-refractivity contribution in [3.63, 3.8) is 0 Å². The van der Waals surface area contributed by atoms with Crippen LogP contribution in [0.5, 0.6) is 0 Å². The molecule has 3 heteroatoms. The first kappa shape index (κ1) is 13.9. The number of anilines is 1. The molecular weight excluding hydrogens is 248 g/mol. The first-order valence-corrected chi connectivity index (χ1v) is 8.08. The van der Waals surface area contributed by atoms with Gasteiger partial charge in [-0.25, -0.2) is 0 Å². The van der Waals surface area contributed by atoms with Crippen LogP contribution in [0.4, 0.5) is 5.69 Å². The first-order chi connectivity index (χ1) is 9.93. The Morgan fingerprint density at radius 3 is 2.90 bits per heavy atom. The molecule has 1 saturated carbocycles. The molecule has 3 rings (SSSR count). The van der Waals surface area contributed by atoms with Gasteiger partial charge in [0.2, 0.25) is 0 Å². The molecule has 1 aliphatic carbocycles. The minimum atomic E-state index is 0.514. The minimum absolute atomic E-state index is 0.514. The number of nitrogens with one attached hydrogen (secondary N) is 1. The van der Waals surface area contributed by atoms with Gasteiger partial charge in [0.05, 0.1) is 12.7 Å². The van der Waals surface area contributed by atoms with Crippen LogP contribution < -0.4 is 5.32 Å². The van der Waals surface area contributed by atoms with Gasteiger partial charge in [0, 0.05) is 31.4 Å². The maximum Gasteiger partial charge on any atom is 0.0730 e. The third-order valence-corrected chi connectivity index (χ3v) is 4.57. The van der Waals surface area contributed by atoms with E-state index in [1.807, 2.05) is 0 Å². The van der Waals surface area contributed by atoms with Crippen LogP contribution in [0.25, 0.3) is 0 Å². The van der Waals surface area contributed by atoms with E-state index in [1.54, 1.807) is 0 Å². The summed E-state index contributed by atoms with van der Waals surface area (Å²) in [5.41, 5.74) is 1.23. The molecule has 2 fully saturated rings. The molecule has 1 N–H and O–H groups in total. The second kappa shape index (κ2) is 7.09. The van der Waals surface area contributed by atoms with Gasteiger partial charge in [-0.2, -0.15) is 0 Å². The molecule has 1 heterocycles. The Morgan fingerprint density at radius 2 is 2.00 bits per heavy atom. The zero-order valence-corrected chi connectivity index (χ0v) is 12.3. The minimum Gasteiger partial charge on any atom is -0.385 e. The predicted molar refractivity (Wildman–Crippen MR) is 83.1 cm³/mol. The van der Waals surface area contributed by atoms with Crippen molar-refractivity contribution in [3.05, 3.63) is 30.3 Å². The number of benzene rings is 1. The molecule has 2 unspecified atom stereocenters. The highest BCUT2D eigenvalue weighted by Gasteiger charge is 2.33. The van der Waals surface area contributed by atoms with Gasteiger partial charge in [-0.05, 0) is 31.4 Å². The highest BCUT2D eigenvalue weighted by molar-refractivity contribution is 5.42. The summed E-state index contributed by atoms with van der Waals surface area (Å²) in [4.78, 5) is 2.67. The van der Waals surface area contributed by atoms with Gasteiger partial charge in [-0.15, -0.1) is 0 Å². The summed E-state index contributed by atoms with van der Waals surface area (Å²) >= 11 is 0. The highest BCUT2D eigenvalue weighted by atomic mass is 16.5. The van der Waals surface area contributed by atoms with E-state index in [1.165, 1.54) is 44.3 Å². The van der Waals surface area contributed by atoms with E-state index in [4.69, 9.17) is 4.74 Å². The quantitative estimate of drug-likeness (QED) is 0.835. The molecule has 0 spiro atoms. The summed E-state index contributed by atoms with van der Waals surface area (Å²) in [6, 6.07) is 11.2. The number of hydrogen-bond acceptors (Lipinski definition) is 3. The molecule has 0 amide bonds. The smallest absolute Gasteiger partial charge is 0.0730 e. The van der Waals surface area contributed by atoms with Crippen molar-refractivity contribution in [3.8, 4) is 0 Å². The van der Waals surface area contributed by atoms with Crippen LogP contribution in [0.15, 0.2) is 30.3 Å². The lowest BCUT2D eigenvalue weighted by molar-refractivity contribution is -0.0878. The Morgan fingerprint density at radius 1 is 1.15 bits per heavy atom. The van der Waals surface area contributed by atoms with Crippen molar-refractivity contribution in [1.29, 1.82) is 0 Å². The van der Waals surface area contributed by atoms with E-state index >= 15 is 0 Å². The molecule has 2 aliphatic rings. The molecular formula is C17H26N2O. The maximum atomic E-state index is 5.93. The van der Waals surface area contributed by atoms with Crippen LogP contribution in [0, 0.1) is 0 Å². The van der Waals surface area contributed by atoms with Gasteiger partial charge in [0.15, 0.2) is 0 Å². The van der Waals surface area contributed by atoms with Crippen LogP contribution in [0.1, 0.15) is 32.1 Å². The number of ether oxygens (including phenoxy) is 1. The normalized spacial score (nSPS) is 27.0. The predicted octanol–water partition coefficient (Wildman–Crippen LogP) is 3.13. The van der Waals surface area contributed by atoms with E-state index in [2.05, 4.69) is 40.5 Å². The van der Waals surface area contributed by atoms with Gasteiger partial charge in [0.25, 0.3) is 0 Å². The summed E-state index contributed by atoms with van der Waals surface area (Å²) in [6.45, 7) is 4.29. The van der Waals surface area contributed by atoms with Crippen LogP contribution in [0.3, 0.4) is 0 Å². The number of rotatable bonds is 5. The van der Waals surface area contributed by atoms with E-state index in [0.717, 1.165) is 19.7 Å². The Balaban J connectivity index is 1.41. The van der Waals surface area contributed by atoms with Crippen molar-refractivity contribution in [1.82, 2.24) is 4.90 Å². The maximum absolute atomic E-state index is 5.93. The third-order valence-electron chi connectivity index (χ3n) is 4.57. The van der Waals surface area contributed by atoms with Crippen molar-refractivity contribution < 1.29 is 4.74 Å². The average Bonchev–Trinajstić information content (AvgIpc) is 2.53. The van der Waals surface area contributed by atoms with E-state index < -0.39 is 0 Å². The fourth-order valence-corrected chi connectivity index (χ4v) is 3.53. The fourth-order valence-electron chi connectivity index (χ4n) is 3.53. The molecule has 1 aromatic carbocycles. The number of fused-ring (bicyclic) bond motifs is 1. The molecule has 2 atom stereocenters. The molecule has 1 aliphatic heterocycles. The van der Waals surface area contributed by atoms with Crippen LogP contribution in [0.2, 0.25) is 0 Å². The Bertz CT molecular complexity index is 393. The van der Waals surface area contributed by atoms with Crippen LogP contribution in [-0.2, 0) is 4.74 Å². The molecule has 3 nitrogen and oxygen atoms in total. The van der Waals surface area contributed by atoms with Crippen LogP contribution in [-0.4, -0.2) is 43.3 Å². The second-order valence-electron chi connectivity index (χ2n) is 5.94. The molecule has 1 aromatic rings. The van der Waals surface area contributed by atoms with Gasteiger partial charge in [-0.3, -0.25) is 4.90 Å².